The average Bonchev–Trinajstić information content (AvgIpc) is 2.50. The van der Waals surface area contributed by atoms with Gasteiger partial charge in [0.1, 0.15) is 12.4 Å². The largest absolute Gasteiger partial charge is 0.492 e. The average molecular weight is 344 g/mol. The van der Waals surface area contributed by atoms with Crippen LogP contribution in [0.2, 0.25) is 0 Å². The monoisotopic (exact) mass is 344 g/mol. The van der Waals surface area contributed by atoms with E-state index in [-0.39, 0.29) is 17.4 Å². The molecular formula is C15H24N2O5S. The van der Waals surface area contributed by atoms with E-state index in [0.717, 1.165) is 0 Å². The fourth-order valence-corrected chi connectivity index (χ4v) is 3.56. The van der Waals surface area contributed by atoms with Crippen LogP contribution in [0, 0.1) is 0 Å². The summed E-state index contributed by atoms with van der Waals surface area (Å²) in [5.41, 5.74) is 0.308. The van der Waals surface area contributed by atoms with Crippen molar-refractivity contribution >= 4 is 21.6 Å². The lowest BCUT2D eigenvalue weighted by Gasteiger charge is -2.20. The highest BCUT2D eigenvalue weighted by atomic mass is 32.2. The molecule has 0 spiro atoms. The lowest BCUT2D eigenvalue weighted by molar-refractivity contribution is -0.119. The van der Waals surface area contributed by atoms with E-state index in [4.69, 9.17) is 9.47 Å². The summed E-state index contributed by atoms with van der Waals surface area (Å²) < 4.78 is 36.7. The minimum atomic E-state index is -3.61. The van der Waals surface area contributed by atoms with Gasteiger partial charge in [-0.3, -0.25) is 4.79 Å². The fraction of sp³-hybridized carbons (Fsp3) is 0.533. The number of ether oxygens (including phenoxy) is 2. The predicted octanol–water partition coefficient (Wildman–Crippen LogP) is 1.70. The van der Waals surface area contributed by atoms with Crippen LogP contribution in [0.3, 0.4) is 0 Å². The molecule has 0 saturated carbocycles. The number of sulfonamides is 1. The number of hydrogen-bond acceptors (Lipinski definition) is 5. The fourth-order valence-electron chi connectivity index (χ4n) is 2.08. The first-order chi connectivity index (χ1) is 10.9. The van der Waals surface area contributed by atoms with Crippen LogP contribution in [0.15, 0.2) is 23.1 Å². The van der Waals surface area contributed by atoms with Crippen molar-refractivity contribution in [3.05, 3.63) is 18.2 Å². The molecule has 1 rings (SSSR count). The smallest absolute Gasteiger partial charge is 0.250 e. The van der Waals surface area contributed by atoms with Crippen LogP contribution in [-0.2, 0) is 19.6 Å². The van der Waals surface area contributed by atoms with Crippen molar-refractivity contribution in [1.29, 1.82) is 0 Å². The van der Waals surface area contributed by atoms with Gasteiger partial charge in [0.25, 0.3) is 0 Å². The molecule has 0 aliphatic carbocycles. The van der Waals surface area contributed by atoms with Gasteiger partial charge < -0.3 is 14.8 Å². The number of rotatable bonds is 9. The zero-order chi connectivity index (χ0) is 17.5. The number of nitrogens with one attached hydrogen (secondary N) is 1. The Hall–Kier alpha value is -1.64. The second-order valence-corrected chi connectivity index (χ2v) is 6.60. The van der Waals surface area contributed by atoms with Crippen molar-refractivity contribution in [2.24, 2.45) is 0 Å². The van der Waals surface area contributed by atoms with E-state index in [0.29, 0.717) is 31.1 Å². The van der Waals surface area contributed by atoms with Crippen LogP contribution in [-0.4, -0.2) is 52.0 Å². The molecule has 1 N–H and O–H groups in total. The van der Waals surface area contributed by atoms with E-state index in [1.807, 2.05) is 0 Å². The lowest BCUT2D eigenvalue weighted by Crippen LogP contribution is -2.30. The minimum Gasteiger partial charge on any atom is -0.492 e. The summed E-state index contributed by atoms with van der Waals surface area (Å²) in [5, 5.41) is 2.61. The summed E-state index contributed by atoms with van der Waals surface area (Å²) in [6.07, 6.45) is 0. The van der Waals surface area contributed by atoms with Gasteiger partial charge in [-0.1, -0.05) is 13.8 Å². The van der Waals surface area contributed by atoms with Gasteiger partial charge in [-0.15, -0.1) is 0 Å². The maximum absolute atomic E-state index is 12.6. The quantitative estimate of drug-likeness (QED) is 0.737. The molecule has 0 aromatic heterocycles. The highest BCUT2D eigenvalue weighted by molar-refractivity contribution is 7.89. The molecule has 0 unspecified atom stereocenters. The Morgan fingerprint density at radius 1 is 1.22 bits per heavy atom. The van der Waals surface area contributed by atoms with Crippen molar-refractivity contribution in [3.8, 4) is 5.75 Å². The minimum absolute atomic E-state index is 0.109. The van der Waals surface area contributed by atoms with Crippen molar-refractivity contribution in [2.75, 3.05) is 38.7 Å². The van der Waals surface area contributed by atoms with E-state index in [2.05, 4.69) is 5.32 Å². The third kappa shape index (κ3) is 4.92. The van der Waals surface area contributed by atoms with Gasteiger partial charge in [-0.25, -0.2) is 8.42 Å². The molecule has 0 fully saturated rings. The number of hydrogen-bond donors (Lipinski definition) is 1. The lowest BCUT2D eigenvalue weighted by atomic mass is 10.3. The Balaban J connectivity index is 3.24. The predicted molar refractivity (Wildman–Crippen MR) is 88.2 cm³/mol. The number of methoxy groups -OCH3 is 1. The Morgan fingerprint density at radius 2 is 1.87 bits per heavy atom. The molecule has 1 aromatic carbocycles. The molecule has 1 aromatic rings. The molecule has 0 bridgehead atoms. The summed E-state index contributed by atoms with van der Waals surface area (Å²) in [7, 11) is -2.20. The van der Waals surface area contributed by atoms with E-state index >= 15 is 0 Å². The molecule has 0 heterocycles. The maximum atomic E-state index is 12.6. The molecule has 7 nitrogen and oxygen atoms in total. The molecule has 8 heteroatoms. The van der Waals surface area contributed by atoms with Crippen LogP contribution in [0.4, 0.5) is 5.69 Å². The molecule has 130 valence electrons. The Kier molecular flexibility index (Phi) is 7.47. The highest BCUT2D eigenvalue weighted by Gasteiger charge is 2.23. The van der Waals surface area contributed by atoms with Crippen molar-refractivity contribution in [1.82, 2.24) is 4.31 Å². The Morgan fingerprint density at radius 3 is 2.39 bits per heavy atom. The number of carbonyl (C=O) groups is 1. The van der Waals surface area contributed by atoms with Gasteiger partial charge in [0.15, 0.2) is 0 Å². The summed E-state index contributed by atoms with van der Waals surface area (Å²) >= 11 is 0. The van der Waals surface area contributed by atoms with Crippen LogP contribution >= 0.6 is 0 Å². The van der Waals surface area contributed by atoms with E-state index in [9.17, 15) is 13.2 Å². The van der Waals surface area contributed by atoms with Crippen LogP contribution in [0.1, 0.15) is 20.8 Å². The number of carbonyl (C=O) groups excluding carboxylic acids is 1. The second kappa shape index (κ2) is 8.85. The third-order valence-corrected chi connectivity index (χ3v) is 5.19. The third-order valence-electron chi connectivity index (χ3n) is 3.14. The van der Waals surface area contributed by atoms with Crippen LogP contribution in [0.25, 0.3) is 0 Å². The van der Waals surface area contributed by atoms with Gasteiger partial charge in [-0.05, 0) is 25.1 Å². The first kappa shape index (κ1) is 19.4. The first-order valence-electron chi connectivity index (χ1n) is 7.46. The molecule has 0 saturated heterocycles. The van der Waals surface area contributed by atoms with Gasteiger partial charge in [0.2, 0.25) is 15.9 Å². The molecule has 0 aliphatic rings. The molecular weight excluding hydrogens is 320 g/mol. The van der Waals surface area contributed by atoms with Crippen LogP contribution in [0.5, 0.6) is 5.75 Å². The number of nitrogens with zero attached hydrogens (tertiary/aromatic N) is 1. The summed E-state index contributed by atoms with van der Waals surface area (Å²) in [4.78, 5) is 11.8. The molecule has 0 aliphatic heterocycles. The van der Waals surface area contributed by atoms with Crippen molar-refractivity contribution < 1.29 is 22.7 Å². The molecule has 1 amide bonds. The Bertz CT molecular complexity index is 627. The van der Waals surface area contributed by atoms with Crippen molar-refractivity contribution in [3.63, 3.8) is 0 Å². The number of anilines is 1. The highest BCUT2D eigenvalue weighted by Crippen LogP contribution is 2.29. The van der Waals surface area contributed by atoms with Crippen molar-refractivity contribution in [2.45, 2.75) is 25.7 Å². The van der Waals surface area contributed by atoms with E-state index in [1.165, 1.54) is 23.5 Å². The number of amides is 1. The van der Waals surface area contributed by atoms with Gasteiger partial charge in [0.05, 0.1) is 17.2 Å². The molecule has 0 atom stereocenters. The first-order valence-corrected chi connectivity index (χ1v) is 8.90. The number of benzene rings is 1. The zero-order valence-electron chi connectivity index (χ0n) is 14.0. The van der Waals surface area contributed by atoms with E-state index < -0.39 is 10.0 Å². The normalized spacial score (nSPS) is 11.5. The Labute approximate surface area is 137 Å². The van der Waals surface area contributed by atoms with Gasteiger partial charge >= 0.3 is 0 Å². The topological polar surface area (TPSA) is 84.9 Å². The van der Waals surface area contributed by atoms with E-state index in [1.54, 1.807) is 26.8 Å². The maximum Gasteiger partial charge on any atom is 0.250 e. The summed E-state index contributed by atoms with van der Waals surface area (Å²) in [5.74, 6) is 0.0290. The molecule has 23 heavy (non-hydrogen) atoms. The van der Waals surface area contributed by atoms with Crippen LogP contribution < -0.4 is 10.1 Å². The standard InChI is InChI=1S/C15H24N2O5S/c1-5-17(6-2)23(19,20)12-8-9-14(22-7-3)13(10-12)16-15(18)11-21-4/h8-10H,5-7,11H2,1-4H3,(H,16,18). The SMILES string of the molecule is CCOc1ccc(S(=O)(=O)N(CC)CC)cc1NC(=O)COC. The molecule has 0 radical (unpaired) electrons. The van der Waals surface area contributed by atoms with Gasteiger partial charge in [0, 0.05) is 20.2 Å². The second-order valence-electron chi connectivity index (χ2n) is 4.66. The summed E-state index contributed by atoms with van der Waals surface area (Å²) in [6, 6.07) is 4.43. The zero-order valence-corrected chi connectivity index (χ0v) is 14.8. The van der Waals surface area contributed by atoms with Gasteiger partial charge in [-0.2, -0.15) is 4.31 Å². The summed E-state index contributed by atoms with van der Waals surface area (Å²) in [6.45, 7) is 6.37.